The average Bonchev–Trinajstić information content (AvgIpc) is 2.51. The van der Waals surface area contributed by atoms with Gasteiger partial charge < -0.3 is 0 Å². The van der Waals surface area contributed by atoms with Crippen LogP contribution >= 0.6 is 0 Å². The molecule has 0 aromatic heterocycles. The Morgan fingerprint density at radius 3 is 2.05 bits per heavy atom. The van der Waals surface area contributed by atoms with Gasteiger partial charge in [0.25, 0.3) is 0 Å². The molecule has 1 heteroatoms. The van der Waals surface area contributed by atoms with E-state index in [1.54, 1.807) is 6.08 Å². The molecular formula is C21H24O. The van der Waals surface area contributed by atoms with Gasteiger partial charge in [0.1, 0.15) is 0 Å². The highest BCUT2D eigenvalue weighted by Crippen LogP contribution is 2.37. The van der Waals surface area contributed by atoms with E-state index in [-0.39, 0.29) is 17.1 Å². The predicted molar refractivity (Wildman–Crippen MR) is 93.7 cm³/mol. The van der Waals surface area contributed by atoms with E-state index in [1.165, 1.54) is 5.56 Å². The van der Waals surface area contributed by atoms with Gasteiger partial charge in [-0.05, 0) is 28.5 Å². The highest BCUT2D eigenvalue weighted by Gasteiger charge is 2.27. The Kier molecular flexibility index (Phi) is 5.32. The van der Waals surface area contributed by atoms with Gasteiger partial charge in [0.05, 0.1) is 0 Å². The van der Waals surface area contributed by atoms with Gasteiger partial charge in [0.15, 0.2) is 5.78 Å². The van der Waals surface area contributed by atoms with Gasteiger partial charge >= 0.3 is 0 Å². The summed E-state index contributed by atoms with van der Waals surface area (Å²) in [6, 6.07) is 20.3. The van der Waals surface area contributed by atoms with Crippen molar-refractivity contribution in [3.63, 3.8) is 0 Å². The van der Waals surface area contributed by atoms with Crippen molar-refractivity contribution in [1.29, 1.82) is 0 Å². The van der Waals surface area contributed by atoms with Crippen LogP contribution in [0.15, 0.2) is 66.7 Å². The van der Waals surface area contributed by atoms with Gasteiger partial charge in [-0.3, -0.25) is 4.79 Å². The molecule has 22 heavy (non-hydrogen) atoms. The van der Waals surface area contributed by atoms with Crippen molar-refractivity contribution < 1.29 is 4.79 Å². The van der Waals surface area contributed by atoms with Gasteiger partial charge in [0, 0.05) is 6.42 Å². The SMILES string of the molecule is CC(C)(C)[C@@H](CC(=O)/C=C/c1ccccc1)c1ccccc1. The van der Waals surface area contributed by atoms with E-state index in [1.807, 2.05) is 54.6 Å². The second-order valence-corrected chi connectivity index (χ2v) is 6.74. The Morgan fingerprint density at radius 1 is 0.955 bits per heavy atom. The molecule has 0 aliphatic carbocycles. The molecule has 0 heterocycles. The highest BCUT2D eigenvalue weighted by atomic mass is 16.1. The lowest BCUT2D eigenvalue weighted by atomic mass is 9.74. The van der Waals surface area contributed by atoms with Gasteiger partial charge in [-0.25, -0.2) is 0 Å². The van der Waals surface area contributed by atoms with Crippen LogP contribution in [0.2, 0.25) is 0 Å². The van der Waals surface area contributed by atoms with Crippen LogP contribution in [0.4, 0.5) is 0 Å². The molecule has 2 aromatic rings. The first-order chi connectivity index (χ1) is 10.5. The van der Waals surface area contributed by atoms with E-state index in [0.717, 1.165) is 5.56 Å². The summed E-state index contributed by atoms with van der Waals surface area (Å²) in [7, 11) is 0. The van der Waals surface area contributed by atoms with Crippen molar-refractivity contribution >= 4 is 11.9 Å². The van der Waals surface area contributed by atoms with Crippen LogP contribution < -0.4 is 0 Å². The molecule has 114 valence electrons. The van der Waals surface area contributed by atoms with Crippen molar-refractivity contribution in [2.75, 3.05) is 0 Å². The summed E-state index contributed by atoms with van der Waals surface area (Å²) in [5.41, 5.74) is 2.34. The van der Waals surface area contributed by atoms with Gasteiger partial charge in [-0.15, -0.1) is 0 Å². The van der Waals surface area contributed by atoms with Crippen LogP contribution in [0.5, 0.6) is 0 Å². The van der Waals surface area contributed by atoms with Crippen LogP contribution in [0.1, 0.15) is 44.2 Å². The molecule has 0 unspecified atom stereocenters. The summed E-state index contributed by atoms with van der Waals surface area (Å²) >= 11 is 0. The first kappa shape index (κ1) is 16.2. The number of rotatable bonds is 5. The number of carbonyl (C=O) groups is 1. The molecule has 0 aliphatic heterocycles. The molecular weight excluding hydrogens is 268 g/mol. The molecule has 0 fully saturated rings. The van der Waals surface area contributed by atoms with Crippen molar-refractivity contribution in [2.24, 2.45) is 5.41 Å². The molecule has 0 bridgehead atoms. The Bertz CT molecular complexity index is 618. The van der Waals surface area contributed by atoms with Crippen molar-refractivity contribution in [1.82, 2.24) is 0 Å². The minimum absolute atomic E-state index is 0.0532. The minimum Gasteiger partial charge on any atom is -0.295 e. The fourth-order valence-corrected chi connectivity index (χ4v) is 2.63. The lowest BCUT2D eigenvalue weighted by Crippen LogP contribution is -2.21. The molecule has 0 spiro atoms. The average molecular weight is 292 g/mol. The summed E-state index contributed by atoms with van der Waals surface area (Å²) in [6.45, 7) is 6.58. The highest BCUT2D eigenvalue weighted by molar-refractivity contribution is 5.94. The standard InChI is InChI=1S/C21H24O/c1-21(2,3)20(18-12-8-5-9-13-18)16-19(22)15-14-17-10-6-4-7-11-17/h4-15,20H,16H2,1-3H3/b15-14+/t20-/m0/s1. The molecule has 2 rings (SSSR count). The molecule has 0 N–H and O–H groups in total. The number of benzene rings is 2. The third-order valence-corrected chi connectivity index (χ3v) is 3.91. The van der Waals surface area contributed by atoms with E-state index >= 15 is 0 Å². The third-order valence-electron chi connectivity index (χ3n) is 3.91. The maximum Gasteiger partial charge on any atom is 0.156 e. The number of hydrogen-bond acceptors (Lipinski definition) is 1. The summed E-state index contributed by atoms with van der Waals surface area (Å²) < 4.78 is 0. The monoisotopic (exact) mass is 292 g/mol. The molecule has 1 nitrogen and oxygen atoms in total. The van der Waals surface area contributed by atoms with Gasteiger partial charge in [0.2, 0.25) is 0 Å². The predicted octanol–water partition coefficient (Wildman–Crippen LogP) is 5.49. The first-order valence-electron chi connectivity index (χ1n) is 7.78. The molecule has 0 saturated carbocycles. The molecule has 0 saturated heterocycles. The van der Waals surface area contributed by atoms with E-state index in [2.05, 4.69) is 32.9 Å². The fourth-order valence-electron chi connectivity index (χ4n) is 2.63. The third kappa shape index (κ3) is 4.70. The largest absolute Gasteiger partial charge is 0.295 e. The van der Waals surface area contributed by atoms with E-state index in [0.29, 0.717) is 6.42 Å². The molecule has 2 aromatic carbocycles. The number of carbonyl (C=O) groups excluding carboxylic acids is 1. The first-order valence-corrected chi connectivity index (χ1v) is 7.78. The second kappa shape index (κ2) is 7.22. The van der Waals surface area contributed by atoms with Crippen LogP contribution in [-0.4, -0.2) is 5.78 Å². The van der Waals surface area contributed by atoms with Crippen molar-refractivity contribution in [3.8, 4) is 0 Å². The Labute approximate surface area is 133 Å². The topological polar surface area (TPSA) is 17.1 Å². The Morgan fingerprint density at radius 2 is 1.50 bits per heavy atom. The number of allylic oxidation sites excluding steroid dienone is 1. The quantitative estimate of drug-likeness (QED) is 0.666. The van der Waals surface area contributed by atoms with Crippen molar-refractivity contribution in [2.45, 2.75) is 33.1 Å². The van der Waals surface area contributed by atoms with E-state index in [4.69, 9.17) is 0 Å². The molecule has 0 aliphatic rings. The zero-order valence-electron chi connectivity index (χ0n) is 13.6. The Hall–Kier alpha value is -2.15. The van der Waals surface area contributed by atoms with Crippen LogP contribution in [0, 0.1) is 5.41 Å². The summed E-state index contributed by atoms with van der Waals surface area (Å²) in [4.78, 5) is 12.4. The summed E-state index contributed by atoms with van der Waals surface area (Å²) in [5, 5.41) is 0. The maximum absolute atomic E-state index is 12.4. The lowest BCUT2D eigenvalue weighted by molar-refractivity contribution is -0.115. The van der Waals surface area contributed by atoms with E-state index in [9.17, 15) is 4.79 Å². The van der Waals surface area contributed by atoms with Gasteiger partial charge in [-0.1, -0.05) is 87.5 Å². The van der Waals surface area contributed by atoms with Crippen LogP contribution in [0.3, 0.4) is 0 Å². The second-order valence-electron chi connectivity index (χ2n) is 6.74. The zero-order valence-corrected chi connectivity index (χ0v) is 13.6. The smallest absolute Gasteiger partial charge is 0.156 e. The summed E-state index contributed by atoms with van der Waals surface area (Å²) in [5.74, 6) is 0.397. The van der Waals surface area contributed by atoms with Crippen LogP contribution in [0.25, 0.3) is 6.08 Å². The fraction of sp³-hybridized carbons (Fsp3) is 0.286. The molecule has 0 radical (unpaired) electrons. The minimum atomic E-state index is 0.0532. The summed E-state index contributed by atoms with van der Waals surface area (Å²) in [6.07, 6.45) is 4.14. The molecule has 0 amide bonds. The Balaban J connectivity index is 2.11. The number of hydrogen-bond donors (Lipinski definition) is 0. The normalized spacial score (nSPS) is 13.2. The van der Waals surface area contributed by atoms with Gasteiger partial charge in [-0.2, -0.15) is 0 Å². The number of ketones is 1. The lowest BCUT2D eigenvalue weighted by Gasteiger charge is -2.30. The van der Waals surface area contributed by atoms with Crippen molar-refractivity contribution in [3.05, 3.63) is 77.9 Å². The van der Waals surface area contributed by atoms with Crippen LogP contribution in [-0.2, 0) is 4.79 Å². The zero-order chi connectivity index (χ0) is 16.0. The van der Waals surface area contributed by atoms with E-state index < -0.39 is 0 Å². The molecule has 1 atom stereocenters. The maximum atomic E-state index is 12.4.